The monoisotopic (exact) mass is 556 g/mol. The lowest BCUT2D eigenvalue weighted by Crippen LogP contribution is -2.43. The quantitative estimate of drug-likeness (QED) is 0.220. The topological polar surface area (TPSA) is 133 Å². The third-order valence-corrected chi connectivity index (χ3v) is 6.12. The maximum absolute atomic E-state index is 14.4. The molecular weight excluding hydrogens is 526 g/mol. The summed E-state index contributed by atoms with van der Waals surface area (Å²) in [7, 11) is 4.66. The van der Waals surface area contributed by atoms with E-state index in [4.69, 9.17) is 9.47 Å². The van der Waals surface area contributed by atoms with Crippen molar-refractivity contribution in [3.8, 4) is 11.5 Å². The van der Waals surface area contributed by atoms with Crippen molar-refractivity contribution in [2.75, 3.05) is 44.6 Å². The summed E-state index contributed by atoms with van der Waals surface area (Å²) in [5.41, 5.74) is 0.323. The van der Waals surface area contributed by atoms with E-state index in [9.17, 15) is 23.8 Å². The third-order valence-electron chi connectivity index (χ3n) is 6.12. The number of rotatable bonds is 11. The number of aromatic nitrogens is 3. The Labute approximate surface area is 229 Å². The fourth-order valence-corrected chi connectivity index (χ4v) is 3.95. The molecule has 2 heterocycles. The lowest BCUT2D eigenvalue weighted by atomic mass is 10.1. The molecule has 0 aliphatic carbocycles. The summed E-state index contributed by atoms with van der Waals surface area (Å²) < 4.78 is 40.0. The number of carbonyl (C=O) groups is 1. The number of fused-ring (bicyclic) bond motifs is 1. The molecule has 4 N–H and O–H groups in total. The van der Waals surface area contributed by atoms with Crippen LogP contribution < -0.4 is 25.0 Å². The average Bonchev–Trinajstić information content (AvgIpc) is 3.35. The molecule has 40 heavy (non-hydrogen) atoms. The van der Waals surface area contributed by atoms with E-state index in [-0.39, 0.29) is 29.5 Å². The van der Waals surface area contributed by atoms with Crippen LogP contribution in [0.2, 0.25) is 0 Å². The third kappa shape index (κ3) is 6.21. The smallest absolute Gasteiger partial charge is 0.271 e. The predicted molar refractivity (Wildman–Crippen MR) is 144 cm³/mol. The number of aliphatic hydroxyl groups excluding tert-OH is 1. The minimum absolute atomic E-state index is 0.0132. The number of methoxy groups -OCH3 is 2. The zero-order valence-electron chi connectivity index (χ0n) is 22.4. The number of imidazole rings is 1. The molecule has 0 fully saturated rings. The van der Waals surface area contributed by atoms with Gasteiger partial charge in [0, 0.05) is 38.3 Å². The van der Waals surface area contributed by atoms with Crippen molar-refractivity contribution in [1.29, 1.82) is 0 Å². The van der Waals surface area contributed by atoms with Gasteiger partial charge >= 0.3 is 0 Å². The second kappa shape index (κ2) is 11.7. The number of halogens is 2. The number of anilines is 3. The van der Waals surface area contributed by atoms with Gasteiger partial charge in [-0.3, -0.25) is 4.79 Å². The van der Waals surface area contributed by atoms with E-state index in [0.717, 1.165) is 11.6 Å². The van der Waals surface area contributed by atoms with Crippen LogP contribution in [0.25, 0.3) is 5.65 Å². The highest BCUT2D eigenvalue weighted by molar-refractivity contribution is 5.94. The first-order valence-electron chi connectivity index (χ1n) is 12.2. The van der Waals surface area contributed by atoms with Crippen molar-refractivity contribution in [1.82, 2.24) is 19.9 Å². The van der Waals surface area contributed by atoms with Gasteiger partial charge in [-0.05, 0) is 24.6 Å². The summed E-state index contributed by atoms with van der Waals surface area (Å²) in [5.74, 6) is -1.69. The molecule has 0 bridgehead atoms. The lowest BCUT2D eigenvalue weighted by Gasteiger charge is -2.22. The van der Waals surface area contributed by atoms with Gasteiger partial charge in [0.2, 0.25) is 0 Å². The fraction of sp³-hybridized carbons (Fsp3) is 0.296. The number of amides is 1. The molecule has 0 saturated carbocycles. The second-order valence-electron chi connectivity index (χ2n) is 9.43. The first-order chi connectivity index (χ1) is 19.0. The van der Waals surface area contributed by atoms with Crippen LogP contribution in [0.3, 0.4) is 0 Å². The molecule has 0 radical (unpaired) electrons. The highest BCUT2D eigenvalue weighted by Crippen LogP contribution is 2.33. The van der Waals surface area contributed by atoms with Crippen molar-refractivity contribution in [3.63, 3.8) is 0 Å². The van der Waals surface area contributed by atoms with Crippen LogP contribution in [0.4, 0.5) is 26.0 Å². The largest absolute Gasteiger partial charge is 0.497 e. The van der Waals surface area contributed by atoms with Gasteiger partial charge in [-0.25, -0.2) is 18.3 Å². The molecule has 1 atom stereocenters. The van der Waals surface area contributed by atoms with Gasteiger partial charge < -0.3 is 35.2 Å². The Morgan fingerprint density at radius 2 is 1.88 bits per heavy atom. The number of carbonyl (C=O) groups excluding carboxylic acids is 1. The summed E-state index contributed by atoms with van der Waals surface area (Å²) in [6.07, 6.45) is 1.32. The zero-order chi connectivity index (χ0) is 29.0. The van der Waals surface area contributed by atoms with Gasteiger partial charge in [-0.15, -0.1) is 5.10 Å². The van der Waals surface area contributed by atoms with E-state index >= 15 is 0 Å². The van der Waals surface area contributed by atoms with Crippen LogP contribution in [-0.2, 0) is 6.54 Å². The van der Waals surface area contributed by atoms with Crippen molar-refractivity contribution in [2.24, 2.45) is 0 Å². The molecule has 1 amide bonds. The fourth-order valence-electron chi connectivity index (χ4n) is 3.95. The molecule has 4 rings (SSSR count). The summed E-state index contributed by atoms with van der Waals surface area (Å²) in [4.78, 5) is 19.3. The maximum atomic E-state index is 14.4. The van der Waals surface area contributed by atoms with E-state index in [1.54, 1.807) is 13.2 Å². The Kier molecular flexibility index (Phi) is 8.35. The minimum Gasteiger partial charge on any atom is -0.497 e. The van der Waals surface area contributed by atoms with Crippen LogP contribution in [0.1, 0.15) is 23.0 Å². The van der Waals surface area contributed by atoms with Gasteiger partial charge in [-0.1, -0.05) is 12.1 Å². The summed E-state index contributed by atoms with van der Waals surface area (Å²) in [5, 5.41) is 29.3. The Morgan fingerprint density at radius 1 is 1.15 bits per heavy atom. The van der Waals surface area contributed by atoms with Gasteiger partial charge in [0.05, 0.1) is 38.4 Å². The number of hydrogen-bond donors (Lipinski definition) is 4. The number of nitrogens with zero attached hydrogens (tertiary/aromatic N) is 4. The summed E-state index contributed by atoms with van der Waals surface area (Å²) >= 11 is 0. The van der Waals surface area contributed by atoms with Gasteiger partial charge in [0.15, 0.2) is 28.7 Å². The standard InChI is InChI=1S/C27H30F2N6O5/c1-27(38,15-36)14-31-26(37)22-12-30-25-21(34(2)13-16-5-7-18(39-3)8-6-16)11-23(33-35(22)25)32-20-10-17(28)9-19(29)24(20)40-4/h5-12,36,38H,13-15H2,1-4H3,(H,31,37)(H,32,33)/t27-/m0/s1. The normalized spacial score (nSPS) is 12.6. The number of benzene rings is 2. The highest BCUT2D eigenvalue weighted by atomic mass is 19.1. The van der Waals surface area contributed by atoms with Crippen LogP contribution >= 0.6 is 0 Å². The predicted octanol–water partition coefficient (Wildman–Crippen LogP) is 2.88. The Bertz CT molecular complexity index is 1510. The second-order valence-corrected chi connectivity index (χ2v) is 9.43. The minimum atomic E-state index is -1.53. The zero-order valence-corrected chi connectivity index (χ0v) is 22.4. The SMILES string of the molecule is COc1ccc(CN(C)c2cc(Nc3cc(F)cc(F)c3OC)nn3c(C(=O)NC[C@](C)(O)CO)cnc23)cc1. The first-order valence-corrected chi connectivity index (χ1v) is 12.2. The molecule has 2 aromatic carbocycles. The molecule has 0 spiro atoms. The molecule has 4 aromatic rings. The maximum Gasteiger partial charge on any atom is 0.271 e. The van der Waals surface area contributed by atoms with E-state index < -0.39 is 29.7 Å². The Morgan fingerprint density at radius 3 is 2.52 bits per heavy atom. The molecule has 212 valence electrons. The molecule has 2 aromatic heterocycles. The van der Waals surface area contributed by atoms with Crippen LogP contribution in [0.15, 0.2) is 48.7 Å². The molecular formula is C27H30F2N6O5. The molecule has 0 saturated heterocycles. The van der Waals surface area contributed by atoms with E-state index in [1.165, 1.54) is 24.7 Å². The summed E-state index contributed by atoms with van der Waals surface area (Å²) in [6.45, 7) is 1.03. The Balaban J connectivity index is 1.77. The molecule has 0 aliphatic rings. The number of aliphatic hydroxyl groups is 2. The lowest BCUT2D eigenvalue weighted by molar-refractivity contribution is 0.00314. The number of nitrogens with one attached hydrogen (secondary N) is 2. The molecule has 0 unspecified atom stereocenters. The van der Waals surface area contributed by atoms with Gasteiger partial charge in [-0.2, -0.15) is 0 Å². The molecule has 11 nitrogen and oxygen atoms in total. The van der Waals surface area contributed by atoms with Crippen LogP contribution in [-0.4, -0.2) is 70.7 Å². The summed E-state index contributed by atoms with van der Waals surface area (Å²) in [6, 6.07) is 10.9. The average molecular weight is 557 g/mol. The van der Waals surface area contributed by atoms with E-state index in [2.05, 4.69) is 20.7 Å². The Hall–Kier alpha value is -4.49. The van der Waals surface area contributed by atoms with Crippen LogP contribution in [0, 0.1) is 11.6 Å². The molecule has 0 aliphatic heterocycles. The van der Waals surface area contributed by atoms with Crippen molar-refractivity contribution in [3.05, 3.63) is 71.6 Å². The van der Waals surface area contributed by atoms with Gasteiger partial charge in [0.25, 0.3) is 5.91 Å². The van der Waals surface area contributed by atoms with Crippen molar-refractivity contribution < 1.29 is 33.3 Å². The number of hydrogen-bond acceptors (Lipinski definition) is 9. The van der Waals surface area contributed by atoms with Crippen LogP contribution in [0.5, 0.6) is 11.5 Å². The molecule has 13 heteroatoms. The highest BCUT2D eigenvalue weighted by Gasteiger charge is 2.24. The number of ether oxygens (including phenoxy) is 2. The van der Waals surface area contributed by atoms with E-state index in [0.29, 0.717) is 29.7 Å². The van der Waals surface area contributed by atoms with Crippen molar-refractivity contribution >= 4 is 28.7 Å². The van der Waals surface area contributed by atoms with Crippen molar-refractivity contribution in [2.45, 2.75) is 19.1 Å². The first kappa shape index (κ1) is 28.5. The van der Waals surface area contributed by atoms with Gasteiger partial charge in [0.1, 0.15) is 17.2 Å². The van der Waals surface area contributed by atoms with E-state index in [1.807, 2.05) is 36.2 Å².